The minimum atomic E-state index is -0.130. The Kier molecular flexibility index (Phi) is 1.83. The van der Waals surface area contributed by atoms with Crippen LogP contribution in [0.1, 0.15) is 11.3 Å². The SMILES string of the molecule is N#Cc1ncccc1C(=N)N. The maximum Gasteiger partial charge on any atom is 0.151 e. The molecule has 0 aliphatic heterocycles. The highest BCUT2D eigenvalue weighted by Crippen LogP contribution is 2.01. The molecule has 0 unspecified atom stereocenters. The lowest BCUT2D eigenvalue weighted by atomic mass is 10.2. The van der Waals surface area contributed by atoms with Gasteiger partial charge in [-0.1, -0.05) is 0 Å². The first-order chi connectivity index (χ1) is 5.25. The van der Waals surface area contributed by atoms with Gasteiger partial charge in [-0.15, -0.1) is 0 Å². The third-order valence-electron chi connectivity index (χ3n) is 1.20. The standard InChI is InChI=1S/C7H6N4/c8-4-6-5(7(9)10)2-1-3-11-6/h1-3H,(H3,9,10). The molecule has 0 radical (unpaired) electrons. The van der Waals surface area contributed by atoms with Crippen LogP contribution >= 0.6 is 0 Å². The van der Waals surface area contributed by atoms with Crippen molar-refractivity contribution < 1.29 is 0 Å². The molecule has 0 bridgehead atoms. The largest absolute Gasteiger partial charge is 0.384 e. The van der Waals surface area contributed by atoms with Crippen molar-refractivity contribution in [3.8, 4) is 6.07 Å². The second kappa shape index (κ2) is 2.80. The van der Waals surface area contributed by atoms with E-state index in [9.17, 15) is 0 Å². The number of amidine groups is 1. The second-order valence-electron chi connectivity index (χ2n) is 1.93. The van der Waals surface area contributed by atoms with Gasteiger partial charge in [-0.05, 0) is 12.1 Å². The molecule has 0 aliphatic carbocycles. The summed E-state index contributed by atoms with van der Waals surface area (Å²) in [6.45, 7) is 0. The molecule has 1 rings (SSSR count). The highest BCUT2D eigenvalue weighted by atomic mass is 14.7. The van der Waals surface area contributed by atoms with Gasteiger partial charge in [-0.25, -0.2) is 4.98 Å². The van der Waals surface area contributed by atoms with Crippen molar-refractivity contribution in [3.05, 3.63) is 29.6 Å². The number of hydrogen-bond donors (Lipinski definition) is 2. The lowest BCUT2D eigenvalue weighted by molar-refractivity contribution is 1.24. The van der Waals surface area contributed by atoms with E-state index in [-0.39, 0.29) is 11.5 Å². The first-order valence-corrected chi connectivity index (χ1v) is 2.95. The predicted molar refractivity (Wildman–Crippen MR) is 40.0 cm³/mol. The number of nitrogens with one attached hydrogen (secondary N) is 1. The Labute approximate surface area is 63.8 Å². The zero-order valence-corrected chi connectivity index (χ0v) is 5.70. The molecular weight excluding hydrogens is 140 g/mol. The van der Waals surface area contributed by atoms with Gasteiger partial charge in [0.1, 0.15) is 11.9 Å². The van der Waals surface area contributed by atoms with E-state index in [0.29, 0.717) is 5.56 Å². The van der Waals surface area contributed by atoms with E-state index in [4.69, 9.17) is 16.4 Å². The number of nitriles is 1. The molecule has 0 fully saturated rings. The van der Waals surface area contributed by atoms with E-state index in [0.717, 1.165) is 0 Å². The molecule has 3 N–H and O–H groups in total. The fourth-order valence-electron chi connectivity index (χ4n) is 0.712. The molecule has 0 saturated heterocycles. The van der Waals surface area contributed by atoms with Crippen molar-refractivity contribution in [2.75, 3.05) is 0 Å². The summed E-state index contributed by atoms with van der Waals surface area (Å²) >= 11 is 0. The Bertz CT molecular complexity index is 323. The van der Waals surface area contributed by atoms with E-state index in [1.807, 2.05) is 6.07 Å². The molecule has 4 heteroatoms. The van der Waals surface area contributed by atoms with Gasteiger partial charge < -0.3 is 5.73 Å². The minimum Gasteiger partial charge on any atom is -0.384 e. The lowest BCUT2D eigenvalue weighted by Gasteiger charge is -1.97. The molecule has 0 spiro atoms. The quantitative estimate of drug-likeness (QED) is 0.439. The van der Waals surface area contributed by atoms with Gasteiger partial charge >= 0.3 is 0 Å². The van der Waals surface area contributed by atoms with Crippen LogP contribution in [0, 0.1) is 16.7 Å². The van der Waals surface area contributed by atoms with Crippen molar-refractivity contribution in [3.63, 3.8) is 0 Å². The van der Waals surface area contributed by atoms with E-state index >= 15 is 0 Å². The molecule has 0 aromatic carbocycles. The molecular formula is C7H6N4. The average molecular weight is 146 g/mol. The maximum atomic E-state index is 8.50. The number of nitrogen functional groups attached to an aromatic ring is 1. The van der Waals surface area contributed by atoms with Gasteiger partial charge in [0.25, 0.3) is 0 Å². The number of rotatable bonds is 1. The molecule has 1 heterocycles. The van der Waals surface area contributed by atoms with Crippen molar-refractivity contribution in [2.45, 2.75) is 0 Å². The first kappa shape index (κ1) is 7.22. The van der Waals surface area contributed by atoms with Gasteiger partial charge in [0, 0.05) is 6.20 Å². The summed E-state index contributed by atoms with van der Waals surface area (Å²) in [5.74, 6) is -0.130. The zero-order valence-electron chi connectivity index (χ0n) is 5.70. The zero-order chi connectivity index (χ0) is 8.27. The van der Waals surface area contributed by atoms with Crippen molar-refractivity contribution >= 4 is 5.84 Å². The third-order valence-corrected chi connectivity index (χ3v) is 1.20. The molecule has 1 aromatic rings. The Morgan fingerprint density at radius 3 is 2.91 bits per heavy atom. The summed E-state index contributed by atoms with van der Waals surface area (Å²) in [6, 6.07) is 5.07. The Balaban J connectivity index is 3.26. The average Bonchev–Trinajstić information content (AvgIpc) is 2.04. The fraction of sp³-hybridized carbons (Fsp3) is 0. The van der Waals surface area contributed by atoms with Crippen LogP contribution in [-0.4, -0.2) is 10.8 Å². The highest BCUT2D eigenvalue weighted by molar-refractivity contribution is 5.96. The van der Waals surface area contributed by atoms with Crippen molar-refractivity contribution in [1.82, 2.24) is 4.98 Å². The fourth-order valence-corrected chi connectivity index (χ4v) is 0.712. The number of nitrogens with zero attached hydrogens (tertiary/aromatic N) is 2. The number of aromatic nitrogens is 1. The smallest absolute Gasteiger partial charge is 0.151 e. The normalized spacial score (nSPS) is 8.64. The van der Waals surface area contributed by atoms with Crippen LogP contribution in [0.3, 0.4) is 0 Å². The summed E-state index contributed by atoms with van der Waals surface area (Å²) in [5.41, 5.74) is 5.76. The van der Waals surface area contributed by atoms with Crippen LogP contribution in [-0.2, 0) is 0 Å². The molecule has 11 heavy (non-hydrogen) atoms. The molecule has 4 nitrogen and oxygen atoms in total. The Morgan fingerprint density at radius 2 is 2.45 bits per heavy atom. The molecule has 0 amide bonds. The monoisotopic (exact) mass is 146 g/mol. The van der Waals surface area contributed by atoms with E-state index in [1.165, 1.54) is 6.20 Å². The van der Waals surface area contributed by atoms with Gasteiger partial charge in [0.05, 0.1) is 5.56 Å². The van der Waals surface area contributed by atoms with Crippen LogP contribution in [0.5, 0.6) is 0 Å². The first-order valence-electron chi connectivity index (χ1n) is 2.95. The summed E-state index contributed by atoms with van der Waals surface area (Å²) in [5, 5.41) is 15.6. The van der Waals surface area contributed by atoms with E-state index in [2.05, 4.69) is 4.98 Å². The summed E-state index contributed by atoms with van der Waals surface area (Å²) in [4.78, 5) is 3.74. The molecule has 54 valence electrons. The third kappa shape index (κ3) is 1.33. The van der Waals surface area contributed by atoms with E-state index in [1.54, 1.807) is 12.1 Å². The van der Waals surface area contributed by atoms with Crippen LogP contribution in [0.15, 0.2) is 18.3 Å². The molecule has 0 atom stereocenters. The van der Waals surface area contributed by atoms with E-state index < -0.39 is 0 Å². The topological polar surface area (TPSA) is 86.5 Å². The highest BCUT2D eigenvalue weighted by Gasteiger charge is 2.02. The summed E-state index contributed by atoms with van der Waals surface area (Å²) < 4.78 is 0. The predicted octanol–water partition coefficient (Wildman–Crippen LogP) is 0.237. The Morgan fingerprint density at radius 1 is 1.73 bits per heavy atom. The molecule has 0 saturated carbocycles. The van der Waals surface area contributed by atoms with Crippen LogP contribution in [0.25, 0.3) is 0 Å². The lowest BCUT2D eigenvalue weighted by Crippen LogP contribution is -2.13. The second-order valence-corrected chi connectivity index (χ2v) is 1.93. The minimum absolute atomic E-state index is 0.130. The Hall–Kier alpha value is -1.89. The van der Waals surface area contributed by atoms with Gasteiger partial charge in [0.2, 0.25) is 0 Å². The van der Waals surface area contributed by atoms with Crippen LogP contribution < -0.4 is 5.73 Å². The summed E-state index contributed by atoms with van der Waals surface area (Å²) in [7, 11) is 0. The van der Waals surface area contributed by atoms with Crippen LogP contribution in [0.4, 0.5) is 0 Å². The molecule has 1 aromatic heterocycles. The van der Waals surface area contributed by atoms with Crippen LogP contribution in [0.2, 0.25) is 0 Å². The van der Waals surface area contributed by atoms with Gasteiger partial charge in [0.15, 0.2) is 5.69 Å². The summed E-state index contributed by atoms with van der Waals surface area (Å²) in [6.07, 6.45) is 1.49. The number of nitrogens with two attached hydrogens (primary N) is 1. The number of hydrogen-bond acceptors (Lipinski definition) is 3. The number of pyridine rings is 1. The molecule has 0 aliphatic rings. The maximum absolute atomic E-state index is 8.50. The van der Waals surface area contributed by atoms with Gasteiger partial charge in [-0.2, -0.15) is 5.26 Å². The van der Waals surface area contributed by atoms with Crippen molar-refractivity contribution in [1.29, 1.82) is 10.7 Å². The van der Waals surface area contributed by atoms with Gasteiger partial charge in [-0.3, -0.25) is 5.41 Å². The van der Waals surface area contributed by atoms with Crippen molar-refractivity contribution in [2.24, 2.45) is 5.73 Å².